The molecule has 172 valence electrons. The lowest BCUT2D eigenvalue weighted by Crippen LogP contribution is -2.32. The molecule has 5 heterocycles. The number of hydrogen-bond acceptors (Lipinski definition) is 6. The average Bonchev–Trinajstić information content (AvgIpc) is 3.44. The molecule has 9 heteroatoms. The van der Waals surface area contributed by atoms with Crippen molar-refractivity contribution in [3.8, 4) is 11.5 Å². The minimum absolute atomic E-state index is 0.126. The number of halogens is 2. The molecule has 0 amide bonds. The maximum Gasteiger partial charge on any atom is 0.271 e. The van der Waals surface area contributed by atoms with Crippen molar-refractivity contribution in [3.63, 3.8) is 0 Å². The summed E-state index contributed by atoms with van der Waals surface area (Å²) in [5.74, 6) is 0.682. The molecule has 0 spiro atoms. The summed E-state index contributed by atoms with van der Waals surface area (Å²) in [5, 5.41) is 1.99. The summed E-state index contributed by atoms with van der Waals surface area (Å²) in [6.45, 7) is 4.86. The topological polar surface area (TPSA) is 70.2 Å². The van der Waals surface area contributed by atoms with E-state index in [1.807, 2.05) is 18.2 Å². The third-order valence-corrected chi connectivity index (χ3v) is 7.78. The summed E-state index contributed by atoms with van der Waals surface area (Å²) in [7, 11) is 0. The Labute approximate surface area is 208 Å². The number of pyridine rings is 1. The van der Waals surface area contributed by atoms with E-state index in [9.17, 15) is 4.79 Å². The smallest absolute Gasteiger partial charge is 0.271 e. The Bertz CT molecular complexity index is 1640. The van der Waals surface area contributed by atoms with Crippen LogP contribution >= 0.6 is 34.5 Å². The highest BCUT2D eigenvalue weighted by Gasteiger charge is 2.32. The van der Waals surface area contributed by atoms with Crippen molar-refractivity contribution in [3.05, 3.63) is 80.0 Å². The monoisotopic (exact) mass is 511 g/mol. The highest BCUT2D eigenvalue weighted by molar-refractivity contribution is 7.25. The standard InChI is InChI=1S/C25H19Cl2N3O3S/c1-25(2)9-15-16(11-33-25)20(18-4-3-7-32-18)29-23-19(15)21-22(34-23)24(31)30(12-28-21)10-13-5-6-14(26)8-17(13)27/h3-8,12H,9-11H2,1-2H3. The molecule has 6 nitrogen and oxygen atoms in total. The number of hydrogen-bond donors (Lipinski definition) is 0. The first kappa shape index (κ1) is 21.8. The molecule has 0 atom stereocenters. The van der Waals surface area contributed by atoms with Crippen LogP contribution in [0.3, 0.4) is 0 Å². The third-order valence-electron chi connectivity index (χ3n) is 6.13. The molecule has 5 aromatic rings. The van der Waals surface area contributed by atoms with Gasteiger partial charge >= 0.3 is 0 Å². The molecule has 0 saturated carbocycles. The highest BCUT2D eigenvalue weighted by atomic mass is 35.5. The molecule has 1 aliphatic rings. The Morgan fingerprint density at radius 3 is 2.82 bits per heavy atom. The summed E-state index contributed by atoms with van der Waals surface area (Å²) >= 11 is 13.7. The SMILES string of the molecule is CC1(C)Cc2c(c(-c3ccco3)nc3sc4c(=O)n(Cc5ccc(Cl)cc5Cl)cnc4c23)CO1. The molecule has 0 saturated heterocycles. The molecule has 1 aromatic carbocycles. The van der Waals surface area contributed by atoms with E-state index in [0.29, 0.717) is 45.6 Å². The normalized spacial score (nSPS) is 15.2. The number of aromatic nitrogens is 3. The van der Waals surface area contributed by atoms with Crippen molar-refractivity contribution in [1.82, 2.24) is 14.5 Å². The second kappa shape index (κ2) is 7.92. The van der Waals surface area contributed by atoms with Crippen LogP contribution in [-0.2, 0) is 24.3 Å². The van der Waals surface area contributed by atoms with Gasteiger partial charge in [0.2, 0.25) is 0 Å². The van der Waals surface area contributed by atoms with Gasteiger partial charge in [-0.05, 0) is 49.2 Å². The van der Waals surface area contributed by atoms with Gasteiger partial charge in [0.15, 0.2) is 5.76 Å². The minimum Gasteiger partial charge on any atom is -0.463 e. The third kappa shape index (κ3) is 3.55. The predicted octanol–water partition coefficient (Wildman–Crippen LogP) is 6.47. The van der Waals surface area contributed by atoms with E-state index in [-0.39, 0.29) is 11.2 Å². The molecule has 0 radical (unpaired) electrons. The van der Waals surface area contributed by atoms with Crippen LogP contribution in [0.2, 0.25) is 10.0 Å². The maximum atomic E-state index is 13.5. The molecule has 0 N–H and O–H groups in total. The van der Waals surface area contributed by atoms with Gasteiger partial charge in [-0.25, -0.2) is 9.97 Å². The largest absolute Gasteiger partial charge is 0.463 e. The molecule has 0 bridgehead atoms. The van der Waals surface area contributed by atoms with Gasteiger partial charge in [0, 0.05) is 27.4 Å². The van der Waals surface area contributed by atoms with Gasteiger partial charge in [0.25, 0.3) is 5.56 Å². The fraction of sp³-hybridized carbons (Fsp3) is 0.240. The van der Waals surface area contributed by atoms with Gasteiger partial charge in [-0.15, -0.1) is 11.3 Å². The van der Waals surface area contributed by atoms with E-state index in [0.717, 1.165) is 32.6 Å². The van der Waals surface area contributed by atoms with Gasteiger partial charge in [-0.3, -0.25) is 9.36 Å². The summed E-state index contributed by atoms with van der Waals surface area (Å²) in [6, 6.07) is 8.99. The Morgan fingerprint density at radius 1 is 1.21 bits per heavy atom. The van der Waals surface area contributed by atoms with E-state index in [4.69, 9.17) is 42.3 Å². The van der Waals surface area contributed by atoms with Crippen molar-refractivity contribution in [2.24, 2.45) is 0 Å². The van der Waals surface area contributed by atoms with Crippen molar-refractivity contribution >= 4 is 55.0 Å². The second-order valence-electron chi connectivity index (χ2n) is 8.99. The lowest BCUT2D eigenvalue weighted by atomic mass is 9.89. The fourth-order valence-electron chi connectivity index (χ4n) is 4.46. The lowest BCUT2D eigenvalue weighted by Gasteiger charge is -2.32. The lowest BCUT2D eigenvalue weighted by molar-refractivity contribution is -0.0395. The van der Waals surface area contributed by atoms with E-state index in [2.05, 4.69) is 13.8 Å². The summed E-state index contributed by atoms with van der Waals surface area (Å²) in [5.41, 5.74) is 3.86. The van der Waals surface area contributed by atoms with Gasteiger partial charge in [0.05, 0.1) is 36.9 Å². The molecular formula is C25H19Cl2N3O3S. The summed E-state index contributed by atoms with van der Waals surface area (Å²) < 4.78 is 13.9. The molecule has 1 aliphatic heterocycles. The number of fused-ring (bicyclic) bond motifs is 5. The van der Waals surface area contributed by atoms with Crippen LogP contribution in [0.15, 0.2) is 52.1 Å². The molecule has 6 rings (SSSR count). The first-order chi connectivity index (χ1) is 16.3. The summed E-state index contributed by atoms with van der Waals surface area (Å²) in [6.07, 6.45) is 3.90. The van der Waals surface area contributed by atoms with Gasteiger partial charge in [-0.2, -0.15) is 0 Å². The van der Waals surface area contributed by atoms with Crippen LogP contribution in [0, 0.1) is 0 Å². The Hall–Kier alpha value is -2.71. The van der Waals surface area contributed by atoms with E-state index in [1.165, 1.54) is 11.3 Å². The number of ether oxygens (including phenoxy) is 1. The van der Waals surface area contributed by atoms with Crippen LogP contribution in [0.5, 0.6) is 0 Å². The van der Waals surface area contributed by atoms with Crippen molar-refractivity contribution in [2.75, 3.05) is 0 Å². The van der Waals surface area contributed by atoms with Gasteiger partial charge in [-0.1, -0.05) is 29.3 Å². The molecule has 4 aromatic heterocycles. The number of benzene rings is 1. The van der Waals surface area contributed by atoms with Crippen LogP contribution in [0.25, 0.3) is 31.9 Å². The zero-order valence-corrected chi connectivity index (χ0v) is 20.7. The number of rotatable bonds is 3. The van der Waals surface area contributed by atoms with Crippen molar-refractivity contribution in [1.29, 1.82) is 0 Å². The number of nitrogens with zero attached hydrogens (tertiary/aromatic N) is 3. The zero-order valence-electron chi connectivity index (χ0n) is 18.4. The molecule has 0 aliphatic carbocycles. The molecule has 0 unspecified atom stereocenters. The average molecular weight is 512 g/mol. The first-order valence-electron chi connectivity index (χ1n) is 10.8. The van der Waals surface area contributed by atoms with Gasteiger partial charge in [0.1, 0.15) is 15.2 Å². The van der Waals surface area contributed by atoms with Crippen LogP contribution in [0.4, 0.5) is 0 Å². The quantitative estimate of drug-likeness (QED) is 0.277. The molecule has 0 fully saturated rings. The van der Waals surface area contributed by atoms with Crippen molar-refractivity contribution in [2.45, 2.75) is 39.0 Å². The zero-order chi connectivity index (χ0) is 23.6. The number of furan rings is 1. The Morgan fingerprint density at radius 2 is 2.06 bits per heavy atom. The van der Waals surface area contributed by atoms with Crippen LogP contribution in [-0.4, -0.2) is 20.1 Å². The van der Waals surface area contributed by atoms with Crippen LogP contribution in [0.1, 0.15) is 30.5 Å². The Kier molecular flexibility index (Phi) is 5.08. The summed E-state index contributed by atoms with van der Waals surface area (Å²) in [4.78, 5) is 23.9. The molecular weight excluding hydrogens is 493 g/mol. The van der Waals surface area contributed by atoms with E-state index >= 15 is 0 Å². The highest BCUT2D eigenvalue weighted by Crippen LogP contribution is 2.42. The van der Waals surface area contributed by atoms with E-state index < -0.39 is 0 Å². The Balaban J connectivity index is 1.57. The fourth-order valence-corrected chi connectivity index (χ4v) is 6.04. The molecule has 34 heavy (non-hydrogen) atoms. The van der Waals surface area contributed by atoms with Gasteiger partial charge < -0.3 is 9.15 Å². The van der Waals surface area contributed by atoms with Crippen LogP contribution < -0.4 is 5.56 Å². The first-order valence-corrected chi connectivity index (χ1v) is 12.3. The minimum atomic E-state index is -0.337. The second-order valence-corrected chi connectivity index (χ2v) is 10.8. The van der Waals surface area contributed by atoms with E-state index in [1.54, 1.807) is 29.3 Å². The number of thiophene rings is 1. The predicted molar refractivity (Wildman–Crippen MR) is 135 cm³/mol. The van der Waals surface area contributed by atoms with Crippen molar-refractivity contribution < 1.29 is 9.15 Å². The maximum absolute atomic E-state index is 13.5.